The number of carbonyl (C=O) groups excluding carboxylic acids is 1. The average molecular weight is 364 g/mol. The third-order valence-electron chi connectivity index (χ3n) is 5.73. The van der Waals surface area contributed by atoms with Crippen LogP contribution in [0.15, 0.2) is 60.7 Å². The van der Waals surface area contributed by atoms with Crippen molar-refractivity contribution in [2.75, 3.05) is 19.6 Å². The number of hydrogen-bond acceptors (Lipinski definition) is 3. The van der Waals surface area contributed by atoms with Crippen molar-refractivity contribution in [1.82, 2.24) is 9.80 Å². The van der Waals surface area contributed by atoms with Gasteiger partial charge in [0.15, 0.2) is 6.23 Å². The molecule has 0 bridgehead atoms. The number of benzene rings is 2. The fourth-order valence-corrected chi connectivity index (χ4v) is 4.27. The quantitative estimate of drug-likeness (QED) is 0.816. The Balaban J connectivity index is 1.53. The summed E-state index contributed by atoms with van der Waals surface area (Å²) in [5.41, 5.74) is 0.732. The normalized spacial score (nSPS) is 23.8. The Morgan fingerprint density at radius 2 is 1.52 bits per heavy atom. The molecule has 4 nitrogen and oxygen atoms in total. The number of para-hydroxylation sites is 1. The van der Waals surface area contributed by atoms with Gasteiger partial charge in [-0.25, -0.2) is 0 Å². The number of likely N-dealkylation sites (tertiary alicyclic amines) is 2. The van der Waals surface area contributed by atoms with E-state index in [2.05, 4.69) is 4.90 Å². The molecule has 0 spiro atoms. The Hall–Kier alpha value is -2.33. The number of ether oxygens (including phenoxy) is 1. The van der Waals surface area contributed by atoms with E-state index in [0.29, 0.717) is 6.04 Å². The van der Waals surface area contributed by atoms with Gasteiger partial charge in [0, 0.05) is 24.6 Å². The Labute approximate surface area is 161 Å². The van der Waals surface area contributed by atoms with E-state index in [-0.39, 0.29) is 12.1 Å². The molecule has 2 aromatic carbocycles. The van der Waals surface area contributed by atoms with Crippen molar-refractivity contribution in [2.45, 2.75) is 44.4 Å². The zero-order chi connectivity index (χ0) is 18.5. The molecule has 0 saturated carbocycles. The van der Waals surface area contributed by atoms with E-state index in [1.165, 1.54) is 32.4 Å². The summed E-state index contributed by atoms with van der Waals surface area (Å²) >= 11 is 0. The number of nitrogens with zero attached hydrogens (tertiary/aromatic N) is 2. The van der Waals surface area contributed by atoms with E-state index >= 15 is 0 Å². The van der Waals surface area contributed by atoms with Crippen LogP contribution in [0.5, 0.6) is 5.75 Å². The summed E-state index contributed by atoms with van der Waals surface area (Å²) < 4.78 is 6.31. The molecule has 2 atom stereocenters. The molecule has 4 rings (SSSR count). The van der Waals surface area contributed by atoms with Crippen LogP contribution in [0.1, 0.15) is 42.5 Å². The summed E-state index contributed by atoms with van der Waals surface area (Å²) in [6.45, 7) is 3.09. The molecule has 4 heteroatoms. The van der Waals surface area contributed by atoms with Crippen LogP contribution < -0.4 is 4.74 Å². The summed E-state index contributed by atoms with van der Waals surface area (Å²) in [6, 6.07) is 19.9. The van der Waals surface area contributed by atoms with Gasteiger partial charge in [-0.2, -0.15) is 0 Å². The van der Waals surface area contributed by atoms with E-state index in [0.717, 1.165) is 30.7 Å². The molecule has 1 amide bonds. The number of amides is 1. The minimum Gasteiger partial charge on any atom is -0.470 e. The van der Waals surface area contributed by atoms with Crippen LogP contribution in [0.4, 0.5) is 0 Å². The molecule has 0 aliphatic carbocycles. The summed E-state index contributed by atoms with van der Waals surface area (Å²) in [5, 5.41) is 0. The van der Waals surface area contributed by atoms with Crippen LogP contribution in [0.2, 0.25) is 0 Å². The number of piperidine rings is 2. The molecule has 2 aliphatic heterocycles. The lowest BCUT2D eigenvalue weighted by atomic mass is 9.98. The highest BCUT2D eigenvalue weighted by Gasteiger charge is 2.36. The van der Waals surface area contributed by atoms with E-state index in [1.807, 2.05) is 65.6 Å². The molecule has 2 fully saturated rings. The largest absolute Gasteiger partial charge is 0.470 e. The standard InChI is InChI=1S/C23H28N2O2/c26-23(19-10-4-1-5-11-19)25-17-14-20(24-15-8-3-9-16-24)18-22(25)27-21-12-6-2-7-13-21/h1-2,4-7,10-13,20,22H,3,8-9,14-18H2. The molecule has 2 unspecified atom stereocenters. The topological polar surface area (TPSA) is 32.8 Å². The molecule has 0 aromatic heterocycles. The maximum absolute atomic E-state index is 13.1. The Kier molecular flexibility index (Phi) is 5.73. The first-order valence-electron chi connectivity index (χ1n) is 10.1. The smallest absolute Gasteiger partial charge is 0.256 e. The van der Waals surface area contributed by atoms with Gasteiger partial charge >= 0.3 is 0 Å². The van der Waals surface area contributed by atoms with Gasteiger partial charge in [-0.15, -0.1) is 0 Å². The first kappa shape index (κ1) is 18.1. The van der Waals surface area contributed by atoms with Gasteiger partial charge < -0.3 is 14.5 Å². The molecule has 2 saturated heterocycles. The summed E-state index contributed by atoms with van der Waals surface area (Å²) in [5.74, 6) is 0.890. The van der Waals surface area contributed by atoms with Gasteiger partial charge in [-0.1, -0.05) is 42.8 Å². The van der Waals surface area contributed by atoms with Gasteiger partial charge in [0.2, 0.25) is 0 Å². The monoisotopic (exact) mass is 364 g/mol. The maximum Gasteiger partial charge on any atom is 0.256 e. The number of carbonyl (C=O) groups is 1. The molecule has 2 heterocycles. The lowest BCUT2D eigenvalue weighted by molar-refractivity contribution is -0.0278. The van der Waals surface area contributed by atoms with Gasteiger partial charge in [-0.3, -0.25) is 4.79 Å². The lowest BCUT2D eigenvalue weighted by Gasteiger charge is -2.44. The predicted molar refractivity (Wildman–Crippen MR) is 107 cm³/mol. The Morgan fingerprint density at radius 1 is 0.852 bits per heavy atom. The first-order chi connectivity index (χ1) is 13.3. The molecule has 2 aliphatic rings. The average Bonchev–Trinajstić information content (AvgIpc) is 2.75. The summed E-state index contributed by atoms with van der Waals surface area (Å²) in [4.78, 5) is 17.6. The van der Waals surface area contributed by atoms with E-state index in [4.69, 9.17) is 4.74 Å². The van der Waals surface area contributed by atoms with E-state index < -0.39 is 0 Å². The summed E-state index contributed by atoms with van der Waals surface area (Å²) in [6.07, 6.45) is 5.58. The van der Waals surface area contributed by atoms with Crippen LogP contribution in [0.3, 0.4) is 0 Å². The fourth-order valence-electron chi connectivity index (χ4n) is 4.27. The number of rotatable bonds is 4. The minimum absolute atomic E-state index is 0.0635. The van der Waals surface area contributed by atoms with E-state index in [1.54, 1.807) is 0 Å². The first-order valence-corrected chi connectivity index (χ1v) is 10.1. The highest BCUT2D eigenvalue weighted by molar-refractivity contribution is 5.94. The maximum atomic E-state index is 13.1. The molecule has 0 radical (unpaired) electrons. The van der Waals surface area contributed by atoms with Gasteiger partial charge in [0.05, 0.1) is 0 Å². The fraction of sp³-hybridized carbons (Fsp3) is 0.435. The second kappa shape index (κ2) is 8.57. The van der Waals surface area contributed by atoms with Crippen molar-refractivity contribution in [2.24, 2.45) is 0 Å². The van der Waals surface area contributed by atoms with Crippen LogP contribution in [0.25, 0.3) is 0 Å². The van der Waals surface area contributed by atoms with Crippen molar-refractivity contribution >= 4 is 5.91 Å². The summed E-state index contributed by atoms with van der Waals surface area (Å²) in [7, 11) is 0. The minimum atomic E-state index is -0.221. The van der Waals surface area contributed by atoms with Gasteiger partial charge in [-0.05, 0) is 56.6 Å². The molecule has 142 valence electrons. The van der Waals surface area contributed by atoms with Crippen molar-refractivity contribution < 1.29 is 9.53 Å². The molecule has 0 N–H and O–H groups in total. The van der Waals surface area contributed by atoms with Gasteiger partial charge in [0.25, 0.3) is 5.91 Å². The molecular weight excluding hydrogens is 336 g/mol. The molecule has 2 aromatic rings. The Bertz CT molecular complexity index is 729. The molecule has 27 heavy (non-hydrogen) atoms. The zero-order valence-corrected chi connectivity index (χ0v) is 15.8. The molecular formula is C23H28N2O2. The number of hydrogen-bond donors (Lipinski definition) is 0. The zero-order valence-electron chi connectivity index (χ0n) is 15.8. The van der Waals surface area contributed by atoms with Crippen LogP contribution in [-0.4, -0.2) is 47.6 Å². The highest BCUT2D eigenvalue weighted by Crippen LogP contribution is 2.28. The van der Waals surface area contributed by atoms with Crippen molar-refractivity contribution in [3.05, 3.63) is 66.2 Å². The second-order valence-electron chi connectivity index (χ2n) is 7.52. The van der Waals surface area contributed by atoms with Crippen molar-refractivity contribution in [3.8, 4) is 5.75 Å². The lowest BCUT2D eigenvalue weighted by Crippen LogP contribution is -2.54. The SMILES string of the molecule is O=C(c1ccccc1)N1CCC(N2CCCCC2)CC1Oc1ccccc1. The predicted octanol–water partition coefficient (Wildman–Crippen LogP) is 4.18. The van der Waals surface area contributed by atoms with Crippen LogP contribution in [-0.2, 0) is 0 Å². The second-order valence-corrected chi connectivity index (χ2v) is 7.52. The van der Waals surface area contributed by atoms with E-state index in [9.17, 15) is 4.79 Å². The highest BCUT2D eigenvalue weighted by atomic mass is 16.5. The third kappa shape index (κ3) is 4.33. The van der Waals surface area contributed by atoms with Crippen molar-refractivity contribution in [3.63, 3.8) is 0 Å². The Morgan fingerprint density at radius 3 is 2.22 bits per heavy atom. The van der Waals surface area contributed by atoms with Gasteiger partial charge in [0.1, 0.15) is 5.75 Å². The van der Waals surface area contributed by atoms with Crippen LogP contribution >= 0.6 is 0 Å². The van der Waals surface area contributed by atoms with Crippen LogP contribution in [0, 0.1) is 0 Å². The van der Waals surface area contributed by atoms with Crippen molar-refractivity contribution in [1.29, 1.82) is 0 Å². The third-order valence-corrected chi connectivity index (χ3v) is 5.73.